The van der Waals surface area contributed by atoms with Crippen LogP contribution >= 0.6 is 0 Å². The minimum absolute atomic E-state index is 0.268. The summed E-state index contributed by atoms with van der Waals surface area (Å²) in [5, 5.41) is 14.5. The molecule has 0 saturated heterocycles. The molecule has 0 bridgehead atoms. The van der Waals surface area contributed by atoms with Gasteiger partial charge >= 0.3 is 12.0 Å². The molecule has 6 heteroatoms. The first kappa shape index (κ1) is 15.2. The predicted octanol–water partition coefficient (Wildman–Crippen LogP) is 1.92. The first-order chi connectivity index (χ1) is 9.79. The molecule has 1 aliphatic heterocycles. The fourth-order valence-electron chi connectivity index (χ4n) is 2.26. The quantitative estimate of drug-likeness (QED) is 0.794. The second kappa shape index (κ2) is 5.63. The van der Waals surface area contributed by atoms with E-state index >= 15 is 0 Å². The molecule has 114 valence electrons. The molecule has 0 radical (unpaired) electrons. The molecule has 1 aromatic carbocycles. The van der Waals surface area contributed by atoms with Crippen molar-refractivity contribution in [3.8, 4) is 5.75 Å². The van der Waals surface area contributed by atoms with E-state index in [0.717, 1.165) is 11.3 Å². The maximum Gasteiger partial charge on any atom is 0.326 e. The third kappa shape index (κ3) is 3.45. The summed E-state index contributed by atoms with van der Waals surface area (Å²) in [5.74, 6) is -0.311. The molecule has 3 N–H and O–H groups in total. The lowest BCUT2D eigenvalue weighted by Crippen LogP contribution is -2.52. The number of carboxylic acids is 1. The van der Waals surface area contributed by atoms with E-state index < -0.39 is 23.5 Å². The van der Waals surface area contributed by atoms with Crippen molar-refractivity contribution >= 4 is 12.0 Å². The Labute approximate surface area is 123 Å². The highest BCUT2D eigenvalue weighted by Crippen LogP contribution is 2.31. The van der Waals surface area contributed by atoms with Gasteiger partial charge in [0.2, 0.25) is 0 Å². The Hall–Kier alpha value is -2.24. The second-order valence-electron chi connectivity index (χ2n) is 6.16. The number of aliphatic carboxylic acids is 1. The van der Waals surface area contributed by atoms with Crippen LogP contribution in [0.5, 0.6) is 5.75 Å². The van der Waals surface area contributed by atoms with E-state index in [0.29, 0.717) is 6.61 Å². The zero-order valence-electron chi connectivity index (χ0n) is 12.3. The van der Waals surface area contributed by atoms with E-state index in [1.165, 1.54) is 0 Å². The van der Waals surface area contributed by atoms with Crippen LogP contribution in [0.2, 0.25) is 0 Å². The van der Waals surface area contributed by atoms with Crippen LogP contribution in [0.3, 0.4) is 0 Å². The van der Waals surface area contributed by atoms with Gasteiger partial charge in [0.25, 0.3) is 0 Å². The highest BCUT2D eigenvalue weighted by molar-refractivity contribution is 5.83. The molecule has 2 amide bonds. The molecular formula is C15H20N2O4. The molecule has 1 aliphatic rings. The summed E-state index contributed by atoms with van der Waals surface area (Å²) in [4.78, 5) is 23.3. The Bertz CT molecular complexity index is 551. The van der Waals surface area contributed by atoms with E-state index in [2.05, 4.69) is 10.6 Å². The number of hydrogen-bond acceptors (Lipinski definition) is 3. The monoisotopic (exact) mass is 292 g/mol. The number of urea groups is 1. The SMILES string of the molecule is CC(C)(C)[C@@H](NC(=O)NC1COc2ccccc21)C(=O)O. The van der Waals surface area contributed by atoms with E-state index in [1.807, 2.05) is 24.3 Å². The molecule has 0 saturated carbocycles. The minimum atomic E-state index is -1.05. The molecule has 6 nitrogen and oxygen atoms in total. The van der Waals surface area contributed by atoms with Crippen LogP contribution in [-0.4, -0.2) is 29.8 Å². The molecule has 0 fully saturated rings. The van der Waals surface area contributed by atoms with Crippen molar-refractivity contribution in [2.24, 2.45) is 5.41 Å². The van der Waals surface area contributed by atoms with Gasteiger partial charge in [0.05, 0.1) is 6.04 Å². The van der Waals surface area contributed by atoms with Gasteiger partial charge < -0.3 is 20.5 Å². The summed E-state index contributed by atoms with van der Waals surface area (Å²) in [7, 11) is 0. The van der Waals surface area contributed by atoms with E-state index in [1.54, 1.807) is 20.8 Å². The van der Waals surface area contributed by atoms with E-state index in [-0.39, 0.29) is 6.04 Å². The largest absolute Gasteiger partial charge is 0.491 e. The number of nitrogens with one attached hydrogen (secondary N) is 2. The smallest absolute Gasteiger partial charge is 0.326 e. The number of hydrogen-bond donors (Lipinski definition) is 3. The summed E-state index contributed by atoms with van der Waals surface area (Å²) >= 11 is 0. The van der Waals surface area contributed by atoms with Crippen LogP contribution < -0.4 is 15.4 Å². The van der Waals surface area contributed by atoms with E-state index in [4.69, 9.17) is 4.74 Å². The Morgan fingerprint density at radius 3 is 2.62 bits per heavy atom. The molecule has 21 heavy (non-hydrogen) atoms. The Balaban J connectivity index is 2.01. The molecule has 0 aliphatic carbocycles. The third-order valence-corrected chi connectivity index (χ3v) is 3.39. The van der Waals surface area contributed by atoms with Crippen LogP contribution in [0.25, 0.3) is 0 Å². The molecule has 2 rings (SSSR count). The number of fused-ring (bicyclic) bond motifs is 1. The summed E-state index contributed by atoms with van der Waals surface area (Å²) < 4.78 is 5.47. The molecule has 0 spiro atoms. The number of benzene rings is 1. The Kier molecular flexibility index (Phi) is 4.06. The van der Waals surface area contributed by atoms with Crippen molar-refractivity contribution in [1.29, 1.82) is 0 Å². The van der Waals surface area contributed by atoms with Gasteiger partial charge in [0.1, 0.15) is 18.4 Å². The number of carboxylic acid groups (broad SMARTS) is 1. The van der Waals surface area contributed by atoms with E-state index in [9.17, 15) is 14.7 Å². The number of para-hydroxylation sites is 1. The van der Waals surface area contributed by atoms with Gasteiger partial charge in [-0.3, -0.25) is 0 Å². The highest BCUT2D eigenvalue weighted by Gasteiger charge is 2.33. The fraction of sp³-hybridized carbons (Fsp3) is 0.467. The van der Waals surface area contributed by atoms with Crippen molar-refractivity contribution in [2.45, 2.75) is 32.9 Å². The number of rotatable bonds is 3. The Morgan fingerprint density at radius 2 is 2.00 bits per heavy atom. The zero-order chi connectivity index (χ0) is 15.6. The first-order valence-corrected chi connectivity index (χ1v) is 6.80. The van der Waals surface area contributed by atoms with Crippen LogP contribution in [0, 0.1) is 5.41 Å². The van der Waals surface area contributed by atoms with Crippen molar-refractivity contribution < 1.29 is 19.4 Å². The second-order valence-corrected chi connectivity index (χ2v) is 6.16. The summed E-state index contributed by atoms with van der Waals surface area (Å²) in [6, 6.07) is 5.71. The molecule has 1 heterocycles. The topological polar surface area (TPSA) is 87.7 Å². The molecular weight excluding hydrogens is 272 g/mol. The first-order valence-electron chi connectivity index (χ1n) is 6.80. The van der Waals surface area contributed by atoms with Crippen LogP contribution in [0.15, 0.2) is 24.3 Å². The van der Waals surface area contributed by atoms with Gasteiger partial charge in [-0.05, 0) is 11.5 Å². The highest BCUT2D eigenvalue weighted by atomic mass is 16.5. The van der Waals surface area contributed by atoms with Crippen LogP contribution in [0.4, 0.5) is 4.79 Å². The van der Waals surface area contributed by atoms with Crippen molar-refractivity contribution in [3.05, 3.63) is 29.8 Å². The average Bonchev–Trinajstić information content (AvgIpc) is 2.78. The standard InChI is InChI=1S/C15H20N2O4/c1-15(2,3)12(13(18)19)17-14(20)16-10-8-21-11-7-5-4-6-9(10)11/h4-7,10,12H,8H2,1-3H3,(H,18,19)(H2,16,17,20)/t10?,12-/m0/s1. The Morgan fingerprint density at radius 1 is 1.33 bits per heavy atom. The average molecular weight is 292 g/mol. The predicted molar refractivity (Wildman–Crippen MR) is 77.2 cm³/mol. The fourth-order valence-corrected chi connectivity index (χ4v) is 2.26. The molecule has 1 aromatic rings. The van der Waals surface area contributed by atoms with Gasteiger partial charge in [0, 0.05) is 5.56 Å². The zero-order valence-corrected chi connectivity index (χ0v) is 12.3. The maximum absolute atomic E-state index is 12.0. The van der Waals surface area contributed by atoms with Crippen molar-refractivity contribution in [1.82, 2.24) is 10.6 Å². The number of ether oxygens (including phenoxy) is 1. The number of amides is 2. The van der Waals surface area contributed by atoms with Gasteiger partial charge in [-0.1, -0.05) is 39.0 Å². The lowest BCUT2D eigenvalue weighted by Gasteiger charge is -2.28. The van der Waals surface area contributed by atoms with Crippen molar-refractivity contribution in [3.63, 3.8) is 0 Å². The van der Waals surface area contributed by atoms with Crippen LogP contribution in [0.1, 0.15) is 32.4 Å². The molecule has 1 unspecified atom stereocenters. The number of carbonyl (C=O) groups excluding carboxylic acids is 1. The lowest BCUT2D eigenvalue weighted by atomic mass is 9.87. The number of carbonyl (C=O) groups is 2. The van der Waals surface area contributed by atoms with Gasteiger partial charge in [-0.25, -0.2) is 9.59 Å². The summed E-state index contributed by atoms with van der Waals surface area (Å²) in [6.07, 6.45) is 0. The normalized spacial score (nSPS) is 18.3. The van der Waals surface area contributed by atoms with Crippen LogP contribution in [-0.2, 0) is 4.79 Å². The van der Waals surface area contributed by atoms with Crippen molar-refractivity contribution in [2.75, 3.05) is 6.61 Å². The molecule has 0 aromatic heterocycles. The van der Waals surface area contributed by atoms with Gasteiger partial charge in [-0.2, -0.15) is 0 Å². The minimum Gasteiger partial charge on any atom is -0.491 e. The lowest BCUT2D eigenvalue weighted by molar-refractivity contribution is -0.141. The molecule has 2 atom stereocenters. The van der Waals surface area contributed by atoms with Gasteiger partial charge in [0.15, 0.2) is 0 Å². The summed E-state index contributed by atoms with van der Waals surface area (Å²) in [5.41, 5.74) is 0.322. The summed E-state index contributed by atoms with van der Waals surface area (Å²) in [6.45, 7) is 5.64. The maximum atomic E-state index is 12.0. The third-order valence-electron chi connectivity index (χ3n) is 3.39. The van der Waals surface area contributed by atoms with Gasteiger partial charge in [-0.15, -0.1) is 0 Å².